The van der Waals surface area contributed by atoms with Crippen LogP contribution in [0.3, 0.4) is 0 Å². The SMILES string of the molecule is O=C(c1cnc(S)cc1NCc1ccccc1)N1CCC(c2ccc(F)cc2)CC1. The minimum Gasteiger partial charge on any atom is -0.380 e. The normalized spacial score (nSPS) is 14.5. The molecule has 2 heterocycles. The predicted octanol–water partition coefficient (Wildman–Crippen LogP) is 5.14. The Kier molecular flexibility index (Phi) is 6.33. The molecule has 4 nitrogen and oxygen atoms in total. The Bertz CT molecular complexity index is 1000. The summed E-state index contributed by atoms with van der Waals surface area (Å²) < 4.78 is 13.2. The third-order valence-corrected chi connectivity index (χ3v) is 5.81. The molecule has 3 aromatic rings. The lowest BCUT2D eigenvalue weighted by Gasteiger charge is -2.32. The van der Waals surface area contributed by atoms with Crippen molar-refractivity contribution >= 4 is 24.2 Å². The van der Waals surface area contributed by atoms with Gasteiger partial charge >= 0.3 is 0 Å². The van der Waals surface area contributed by atoms with Gasteiger partial charge in [-0.1, -0.05) is 42.5 Å². The number of carbonyl (C=O) groups excluding carboxylic acids is 1. The van der Waals surface area contributed by atoms with E-state index in [2.05, 4.69) is 22.9 Å². The zero-order valence-corrected chi connectivity index (χ0v) is 17.5. The highest BCUT2D eigenvalue weighted by Gasteiger charge is 2.26. The van der Waals surface area contributed by atoms with Gasteiger partial charge in [0, 0.05) is 25.8 Å². The first-order valence-corrected chi connectivity index (χ1v) is 10.6. The van der Waals surface area contributed by atoms with Gasteiger partial charge in [-0.25, -0.2) is 9.37 Å². The summed E-state index contributed by atoms with van der Waals surface area (Å²) in [4.78, 5) is 19.3. The zero-order valence-electron chi connectivity index (χ0n) is 16.6. The second kappa shape index (κ2) is 9.30. The number of thiol groups is 1. The van der Waals surface area contributed by atoms with E-state index in [1.165, 1.54) is 12.1 Å². The highest BCUT2D eigenvalue weighted by Crippen LogP contribution is 2.30. The van der Waals surface area contributed by atoms with Crippen molar-refractivity contribution in [3.63, 3.8) is 0 Å². The molecular formula is C24H24FN3OS. The summed E-state index contributed by atoms with van der Waals surface area (Å²) in [6.45, 7) is 1.95. The van der Waals surface area contributed by atoms with E-state index in [4.69, 9.17) is 0 Å². The molecule has 30 heavy (non-hydrogen) atoms. The molecule has 0 aliphatic carbocycles. The summed E-state index contributed by atoms with van der Waals surface area (Å²) in [6.07, 6.45) is 3.33. The summed E-state index contributed by atoms with van der Waals surface area (Å²) in [7, 11) is 0. The Morgan fingerprint density at radius 1 is 1.10 bits per heavy atom. The van der Waals surface area contributed by atoms with Crippen molar-refractivity contribution in [2.75, 3.05) is 18.4 Å². The summed E-state index contributed by atoms with van der Waals surface area (Å²) in [5.74, 6) is 0.106. The van der Waals surface area contributed by atoms with Crippen LogP contribution in [-0.2, 0) is 6.54 Å². The summed E-state index contributed by atoms with van der Waals surface area (Å²) >= 11 is 4.33. The molecular weight excluding hydrogens is 397 g/mol. The standard InChI is InChI=1S/C24H24FN3OS/c25-20-8-6-18(7-9-20)19-10-12-28(13-11-19)24(29)21-16-27-23(30)14-22(21)26-15-17-4-2-1-3-5-17/h1-9,14,16,19H,10-13,15H2,(H2,26,27,30). The fourth-order valence-corrected chi connectivity index (χ4v) is 4.06. The molecule has 0 radical (unpaired) electrons. The number of benzene rings is 2. The Morgan fingerprint density at radius 3 is 2.50 bits per heavy atom. The molecule has 6 heteroatoms. The first-order valence-electron chi connectivity index (χ1n) is 10.1. The Labute approximate surface area is 181 Å². The maximum atomic E-state index is 13.2. The number of halogens is 1. The zero-order chi connectivity index (χ0) is 20.9. The second-order valence-electron chi connectivity index (χ2n) is 7.55. The largest absolute Gasteiger partial charge is 0.380 e. The van der Waals surface area contributed by atoms with Crippen molar-refractivity contribution in [2.45, 2.75) is 30.3 Å². The van der Waals surface area contributed by atoms with Gasteiger partial charge < -0.3 is 10.2 Å². The molecule has 0 saturated carbocycles. The van der Waals surface area contributed by atoms with Gasteiger partial charge in [0.2, 0.25) is 0 Å². The molecule has 154 valence electrons. The molecule has 1 aliphatic rings. The highest BCUT2D eigenvalue weighted by molar-refractivity contribution is 7.80. The molecule has 2 aromatic carbocycles. The molecule has 1 N–H and O–H groups in total. The summed E-state index contributed by atoms with van der Waals surface area (Å²) in [6, 6.07) is 18.5. The van der Waals surface area contributed by atoms with Crippen LogP contribution < -0.4 is 5.32 Å². The lowest BCUT2D eigenvalue weighted by molar-refractivity contribution is 0.0713. The average Bonchev–Trinajstić information content (AvgIpc) is 2.79. The lowest BCUT2D eigenvalue weighted by Crippen LogP contribution is -2.38. The number of likely N-dealkylation sites (tertiary alicyclic amines) is 1. The van der Waals surface area contributed by atoms with E-state index in [-0.39, 0.29) is 11.7 Å². The topological polar surface area (TPSA) is 45.2 Å². The summed E-state index contributed by atoms with van der Waals surface area (Å²) in [5.41, 5.74) is 3.57. The van der Waals surface area contributed by atoms with Crippen LogP contribution in [0.2, 0.25) is 0 Å². The first kappa shape index (κ1) is 20.4. The Balaban J connectivity index is 1.43. The number of anilines is 1. The van der Waals surface area contributed by atoms with Gasteiger partial charge in [0.15, 0.2) is 0 Å². The number of amides is 1. The van der Waals surface area contributed by atoms with E-state index in [1.54, 1.807) is 12.3 Å². The van der Waals surface area contributed by atoms with E-state index in [0.717, 1.165) is 29.7 Å². The Hall–Kier alpha value is -2.86. The lowest BCUT2D eigenvalue weighted by atomic mass is 9.89. The number of pyridine rings is 1. The van der Waals surface area contributed by atoms with Crippen LogP contribution in [0.4, 0.5) is 10.1 Å². The summed E-state index contributed by atoms with van der Waals surface area (Å²) in [5, 5.41) is 3.93. The number of nitrogens with one attached hydrogen (secondary N) is 1. The van der Waals surface area contributed by atoms with E-state index in [1.807, 2.05) is 47.4 Å². The molecule has 4 rings (SSSR count). The van der Waals surface area contributed by atoms with Gasteiger partial charge in [0.1, 0.15) is 5.82 Å². The van der Waals surface area contributed by atoms with Crippen molar-refractivity contribution in [3.05, 3.63) is 89.4 Å². The molecule has 1 amide bonds. The molecule has 1 saturated heterocycles. The third kappa shape index (κ3) is 4.82. The average molecular weight is 422 g/mol. The van der Waals surface area contributed by atoms with Crippen LogP contribution in [-0.4, -0.2) is 28.9 Å². The van der Waals surface area contributed by atoms with Crippen LogP contribution in [0, 0.1) is 5.82 Å². The van der Waals surface area contributed by atoms with Crippen LogP contribution >= 0.6 is 12.6 Å². The fourth-order valence-electron chi connectivity index (χ4n) is 3.88. The van der Waals surface area contributed by atoms with E-state index < -0.39 is 0 Å². The van der Waals surface area contributed by atoms with E-state index in [0.29, 0.717) is 36.1 Å². The number of rotatable bonds is 5. The van der Waals surface area contributed by atoms with Crippen LogP contribution in [0.5, 0.6) is 0 Å². The van der Waals surface area contributed by atoms with Gasteiger partial charge in [-0.3, -0.25) is 4.79 Å². The van der Waals surface area contributed by atoms with Crippen molar-refractivity contribution in [3.8, 4) is 0 Å². The number of hydrogen-bond donors (Lipinski definition) is 2. The van der Waals surface area contributed by atoms with Crippen LogP contribution in [0.15, 0.2) is 71.9 Å². The predicted molar refractivity (Wildman–Crippen MR) is 120 cm³/mol. The van der Waals surface area contributed by atoms with Gasteiger partial charge in [0.25, 0.3) is 5.91 Å². The van der Waals surface area contributed by atoms with Gasteiger partial charge in [0.05, 0.1) is 16.3 Å². The van der Waals surface area contributed by atoms with E-state index in [9.17, 15) is 9.18 Å². The van der Waals surface area contributed by atoms with Gasteiger partial charge in [-0.15, -0.1) is 12.6 Å². The van der Waals surface area contributed by atoms with E-state index >= 15 is 0 Å². The molecule has 1 fully saturated rings. The minimum absolute atomic E-state index is 0.0241. The molecule has 1 aliphatic heterocycles. The van der Waals surface area contributed by atoms with Gasteiger partial charge in [-0.2, -0.15) is 0 Å². The number of aromatic nitrogens is 1. The molecule has 0 atom stereocenters. The maximum absolute atomic E-state index is 13.2. The van der Waals surface area contributed by atoms with Gasteiger partial charge in [-0.05, 0) is 48.1 Å². The maximum Gasteiger partial charge on any atom is 0.257 e. The first-order chi connectivity index (χ1) is 14.6. The Morgan fingerprint density at radius 2 is 1.80 bits per heavy atom. The minimum atomic E-state index is -0.220. The van der Waals surface area contributed by atoms with Crippen molar-refractivity contribution in [2.24, 2.45) is 0 Å². The van der Waals surface area contributed by atoms with Crippen molar-refractivity contribution < 1.29 is 9.18 Å². The number of hydrogen-bond acceptors (Lipinski definition) is 4. The van der Waals surface area contributed by atoms with Crippen LogP contribution in [0.1, 0.15) is 40.2 Å². The molecule has 0 unspecified atom stereocenters. The molecule has 0 bridgehead atoms. The number of carbonyl (C=O) groups is 1. The smallest absolute Gasteiger partial charge is 0.257 e. The van der Waals surface area contributed by atoms with Crippen molar-refractivity contribution in [1.29, 1.82) is 0 Å². The third-order valence-electron chi connectivity index (χ3n) is 5.57. The quantitative estimate of drug-likeness (QED) is 0.561. The molecule has 1 aromatic heterocycles. The fraction of sp³-hybridized carbons (Fsp3) is 0.250. The second-order valence-corrected chi connectivity index (χ2v) is 8.00. The molecule has 0 spiro atoms. The monoisotopic (exact) mass is 421 g/mol. The number of piperidine rings is 1. The number of nitrogens with zero attached hydrogens (tertiary/aromatic N) is 2. The van der Waals surface area contributed by atoms with Crippen LogP contribution in [0.25, 0.3) is 0 Å². The van der Waals surface area contributed by atoms with Crippen molar-refractivity contribution in [1.82, 2.24) is 9.88 Å². The highest BCUT2D eigenvalue weighted by atomic mass is 32.1.